The number of aromatic nitrogens is 1. The molecule has 0 aliphatic heterocycles. The van der Waals surface area contributed by atoms with Gasteiger partial charge in [-0.05, 0) is 26.0 Å². The van der Waals surface area contributed by atoms with Gasteiger partial charge in [0, 0.05) is 6.20 Å². The molecule has 1 aromatic heterocycles. The Hall–Kier alpha value is -0.940. The second-order valence-corrected chi connectivity index (χ2v) is 5.04. The molecule has 1 heterocycles. The van der Waals surface area contributed by atoms with Gasteiger partial charge in [0.05, 0.1) is 17.1 Å². The lowest BCUT2D eigenvalue weighted by Crippen LogP contribution is -2.15. The largest absolute Gasteiger partial charge is 0.340 e. The van der Waals surface area contributed by atoms with Crippen molar-refractivity contribution >= 4 is 39.8 Å². The molecule has 0 spiro atoms. The van der Waals surface area contributed by atoms with Crippen LogP contribution in [0.4, 0.5) is 5.69 Å². The summed E-state index contributed by atoms with van der Waals surface area (Å²) >= 11 is 6.45. The minimum Gasteiger partial charge on any atom is -0.340 e. The van der Waals surface area contributed by atoms with Crippen LogP contribution >= 0.6 is 24.0 Å². The highest BCUT2D eigenvalue weighted by Crippen LogP contribution is 2.16. The van der Waals surface area contributed by atoms with Gasteiger partial charge in [0.2, 0.25) is 0 Å². The Bertz CT molecular complexity index is 354. The first-order valence-corrected chi connectivity index (χ1v) is 5.76. The van der Waals surface area contributed by atoms with Crippen LogP contribution in [0.1, 0.15) is 13.8 Å². The molecule has 0 amide bonds. The third-order valence-electron chi connectivity index (χ3n) is 1.76. The van der Waals surface area contributed by atoms with Crippen molar-refractivity contribution in [1.82, 2.24) is 4.98 Å². The van der Waals surface area contributed by atoms with Crippen LogP contribution < -0.4 is 5.32 Å². The molecule has 80 valence electrons. The van der Waals surface area contributed by atoms with E-state index in [1.807, 2.05) is 19.1 Å². The molecule has 5 heteroatoms. The van der Waals surface area contributed by atoms with Crippen LogP contribution in [-0.4, -0.2) is 20.3 Å². The molecule has 0 aliphatic rings. The normalized spacial score (nSPS) is 11.9. The number of hydrogen-bond acceptors (Lipinski definition) is 4. The number of nitrogens with zero attached hydrogens (tertiary/aromatic N) is 1. The summed E-state index contributed by atoms with van der Waals surface area (Å²) in [5.74, 6) is 0.121. The number of Topliss-reactive ketones (excluding diaryl/α,β-unsaturated/α-hetero) is 1. The Labute approximate surface area is 98.7 Å². The van der Waals surface area contributed by atoms with Crippen molar-refractivity contribution in [1.29, 1.82) is 0 Å². The number of hydrogen-bond donors (Lipinski definition) is 1. The highest BCUT2D eigenvalue weighted by Gasteiger charge is 2.10. The van der Waals surface area contributed by atoms with Crippen molar-refractivity contribution in [3.63, 3.8) is 0 Å². The summed E-state index contributed by atoms with van der Waals surface area (Å²) in [5.41, 5.74) is 0.839. The van der Waals surface area contributed by atoms with E-state index in [2.05, 4.69) is 10.3 Å². The topological polar surface area (TPSA) is 42.0 Å². The zero-order valence-corrected chi connectivity index (χ0v) is 10.2. The fourth-order valence-electron chi connectivity index (χ4n) is 0.828. The van der Waals surface area contributed by atoms with Crippen molar-refractivity contribution in [2.24, 2.45) is 0 Å². The molecule has 0 bridgehead atoms. The molecular formula is C10H12N2OS2. The minimum atomic E-state index is -0.110. The van der Waals surface area contributed by atoms with Gasteiger partial charge in [0.15, 0.2) is 0 Å². The highest BCUT2D eigenvalue weighted by atomic mass is 32.2. The van der Waals surface area contributed by atoms with Crippen LogP contribution in [0.25, 0.3) is 0 Å². The number of rotatable bonds is 3. The molecule has 1 atom stereocenters. The summed E-state index contributed by atoms with van der Waals surface area (Å²) in [6.07, 6.45) is 3.38. The standard InChI is InChI=1S/C10H12N2OS2/c1-7(13)8(2)15-10(14)12-9-4-3-5-11-6-9/h3-6,8H,1-2H3,(H,12,14). The summed E-state index contributed by atoms with van der Waals surface area (Å²) in [4.78, 5) is 15.0. The summed E-state index contributed by atoms with van der Waals surface area (Å²) in [7, 11) is 0. The molecule has 15 heavy (non-hydrogen) atoms. The van der Waals surface area contributed by atoms with Crippen LogP contribution in [0.2, 0.25) is 0 Å². The molecule has 0 radical (unpaired) electrons. The number of carbonyl (C=O) groups is 1. The number of nitrogens with one attached hydrogen (secondary N) is 1. The van der Waals surface area contributed by atoms with E-state index in [4.69, 9.17) is 12.2 Å². The van der Waals surface area contributed by atoms with E-state index >= 15 is 0 Å². The Balaban J connectivity index is 2.47. The van der Waals surface area contributed by atoms with Crippen LogP contribution in [0.5, 0.6) is 0 Å². The van der Waals surface area contributed by atoms with Crippen molar-refractivity contribution < 1.29 is 4.79 Å². The number of carbonyl (C=O) groups excluding carboxylic acids is 1. The first-order valence-electron chi connectivity index (χ1n) is 4.47. The quantitative estimate of drug-likeness (QED) is 0.822. The lowest BCUT2D eigenvalue weighted by Gasteiger charge is -2.10. The van der Waals surface area contributed by atoms with Crippen LogP contribution in [0.3, 0.4) is 0 Å². The summed E-state index contributed by atoms with van der Waals surface area (Å²) in [6.45, 7) is 3.40. The second kappa shape index (κ2) is 5.82. The second-order valence-electron chi connectivity index (χ2n) is 3.02. The monoisotopic (exact) mass is 240 g/mol. The molecule has 0 saturated heterocycles. The van der Waals surface area contributed by atoms with E-state index in [-0.39, 0.29) is 11.0 Å². The van der Waals surface area contributed by atoms with E-state index in [1.54, 1.807) is 19.3 Å². The molecule has 1 aromatic rings. The molecule has 1 N–H and O–H groups in total. The molecule has 0 aromatic carbocycles. The number of ketones is 1. The molecular weight excluding hydrogens is 228 g/mol. The van der Waals surface area contributed by atoms with Gasteiger partial charge in [-0.1, -0.05) is 24.0 Å². The van der Waals surface area contributed by atoms with Gasteiger partial charge in [-0.15, -0.1) is 0 Å². The van der Waals surface area contributed by atoms with Crippen LogP contribution in [0, 0.1) is 0 Å². The fraction of sp³-hybridized carbons (Fsp3) is 0.300. The molecule has 1 rings (SSSR count). The summed E-state index contributed by atoms with van der Waals surface area (Å²) < 4.78 is 0.589. The Morgan fingerprint density at radius 3 is 2.93 bits per heavy atom. The average Bonchev–Trinajstić information content (AvgIpc) is 2.18. The summed E-state index contributed by atoms with van der Waals surface area (Å²) in [6, 6.07) is 3.70. The van der Waals surface area contributed by atoms with Crippen molar-refractivity contribution in [3.8, 4) is 0 Å². The molecule has 0 aliphatic carbocycles. The SMILES string of the molecule is CC(=O)C(C)SC(=S)Nc1cccnc1. The van der Waals surface area contributed by atoms with Gasteiger partial charge in [-0.2, -0.15) is 0 Å². The minimum absolute atomic E-state index is 0.110. The van der Waals surface area contributed by atoms with Crippen LogP contribution in [-0.2, 0) is 4.79 Å². The lowest BCUT2D eigenvalue weighted by molar-refractivity contribution is -0.116. The predicted octanol–water partition coefficient (Wildman–Crippen LogP) is 2.49. The number of anilines is 1. The zero-order valence-electron chi connectivity index (χ0n) is 8.56. The van der Waals surface area contributed by atoms with Gasteiger partial charge in [0.1, 0.15) is 10.1 Å². The third-order valence-corrected chi connectivity index (χ3v) is 3.16. The van der Waals surface area contributed by atoms with E-state index in [0.29, 0.717) is 4.32 Å². The first kappa shape index (κ1) is 12.1. The number of thiocarbonyl (C=S) groups is 1. The van der Waals surface area contributed by atoms with Crippen molar-refractivity contribution in [2.45, 2.75) is 19.1 Å². The smallest absolute Gasteiger partial charge is 0.142 e. The number of pyridine rings is 1. The summed E-state index contributed by atoms with van der Waals surface area (Å²) in [5, 5.41) is 2.90. The van der Waals surface area contributed by atoms with Gasteiger partial charge < -0.3 is 5.32 Å². The molecule has 1 unspecified atom stereocenters. The van der Waals surface area contributed by atoms with E-state index < -0.39 is 0 Å². The molecule has 3 nitrogen and oxygen atoms in total. The van der Waals surface area contributed by atoms with Gasteiger partial charge in [0.25, 0.3) is 0 Å². The maximum Gasteiger partial charge on any atom is 0.142 e. The number of thioether (sulfide) groups is 1. The predicted molar refractivity (Wildman–Crippen MR) is 68.2 cm³/mol. The Morgan fingerprint density at radius 1 is 1.67 bits per heavy atom. The zero-order chi connectivity index (χ0) is 11.3. The van der Waals surface area contributed by atoms with Gasteiger partial charge in [-0.3, -0.25) is 9.78 Å². The molecule has 0 fully saturated rings. The van der Waals surface area contributed by atoms with E-state index in [1.165, 1.54) is 11.8 Å². The maximum atomic E-state index is 11.0. The van der Waals surface area contributed by atoms with Crippen LogP contribution in [0.15, 0.2) is 24.5 Å². The Kier molecular flexibility index (Phi) is 4.71. The van der Waals surface area contributed by atoms with Gasteiger partial charge >= 0.3 is 0 Å². The van der Waals surface area contributed by atoms with Gasteiger partial charge in [-0.25, -0.2) is 0 Å². The lowest BCUT2D eigenvalue weighted by atomic mass is 10.3. The maximum absolute atomic E-state index is 11.0. The average molecular weight is 240 g/mol. The Morgan fingerprint density at radius 2 is 2.40 bits per heavy atom. The fourth-order valence-corrected chi connectivity index (χ4v) is 2.04. The first-order chi connectivity index (χ1) is 7.09. The van der Waals surface area contributed by atoms with E-state index in [0.717, 1.165) is 5.69 Å². The molecule has 0 saturated carbocycles. The van der Waals surface area contributed by atoms with Crippen molar-refractivity contribution in [3.05, 3.63) is 24.5 Å². The van der Waals surface area contributed by atoms with Crippen molar-refractivity contribution in [2.75, 3.05) is 5.32 Å². The third kappa shape index (κ3) is 4.40. The highest BCUT2D eigenvalue weighted by molar-refractivity contribution is 8.24. The van der Waals surface area contributed by atoms with E-state index in [9.17, 15) is 4.79 Å².